The number of ether oxygens (including phenoxy) is 2. The molecule has 1 aromatic heterocycles. The maximum Gasteiger partial charge on any atom is 0.313 e. The summed E-state index contributed by atoms with van der Waals surface area (Å²) in [4.78, 5) is 25.4. The van der Waals surface area contributed by atoms with E-state index < -0.39 is 0 Å². The number of allylic oxidation sites excluding steroid dienone is 1. The lowest BCUT2D eigenvalue weighted by Crippen LogP contribution is -2.14. The molecule has 0 saturated heterocycles. The van der Waals surface area contributed by atoms with E-state index in [0.717, 1.165) is 16.0 Å². The van der Waals surface area contributed by atoms with Gasteiger partial charge in [-0.3, -0.25) is 9.59 Å². The van der Waals surface area contributed by atoms with Crippen LogP contribution in [-0.2, 0) is 4.79 Å². The number of ketones is 1. The van der Waals surface area contributed by atoms with Crippen molar-refractivity contribution in [2.75, 3.05) is 0 Å². The first kappa shape index (κ1) is 16.5. The third-order valence-corrected chi connectivity index (χ3v) is 4.76. The average Bonchev–Trinajstić information content (AvgIpc) is 3.04. The van der Waals surface area contributed by atoms with Gasteiger partial charge in [-0.05, 0) is 42.5 Å². The predicted molar refractivity (Wildman–Crippen MR) is 93.6 cm³/mol. The second kappa shape index (κ2) is 6.24. The number of hydrogen-bond acceptors (Lipinski definition) is 5. The fourth-order valence-electron chi connectivity index (χ4n) is 2.42. The standard InChI is InChI=1S/C19H18O4S/c1-10(2)19(21)22-13-7-12(4)17-14(8-13)23-15(18(17)20)9-16-11(3)5-6-24-16/h5-10H,1-4H3/b15-9-. The van der Waals surface area contributed by atoms with Crippen LogP contribution in [0, 0.1) is 19.8 Å². The number of carbonyl (C=O) groups is 2. The average molecular weight is 342 g/mol. The van der Waals surface area contributed by atoms with Crippen LogP contribution in [0.5, 0.6) is 11.5 Å². The van der Waals surface area contributed by atoms with E-state index in [2.05, 4.69) is 0 Å². The summed E-state index contributed by atoms with van der Waals surface area (Å²) in [6.07, 6.45) is 1.77. The fourth-order valence-corrected chi connectivity index (χ4v) is 3.27. The van der Waals surface area contributed by atoms with Gasteiger partial charge < -0.3 is 9.47 Å². The van der Waals surface area contributed by atoms with E-state index in [0.29, 0.717) is 22.8 Å². The Kier molecular flexibility index (Phi) is 4.28. The van der Waals surface area contributed by atoms with E-state index in [4.69, 9.17) is 9.47 Å². The number of benzene rings is 1. The maximum atomic E-state index is 12.6. The summed E-state index contributed by atoms with van der Waals surface area (Å²) >= 11 is 1.56. The largest absolute Gasteiger partial charge is 0.452 e. The molecule has 0 saturated carbocycles. The number of thiophene rings is 1. The number of hydrogen-bond donors (Lipinski definition) is 0. The van der Waals surface area contributed by atoms with Crippen LogP contribution in [0.3, 0.4) is 0 Å². The van der Waals surface area contributed by atoms with Crippen molar-refractivity contribution in [2.45, 2.75) is 27.7 Å². The molecule has 1 aliphatic heterocycles. The zero-order valence-corrected chi connectivity index (χ0v) is 14.8. The Balaban J connectivity index is 1.94. The smallest absolute Gasteiger partial charge is 0.313 e. The Labute approximate surface area is 144 Å². The molecule has 1 aliphatic rings. The van der Waals surface area contributed by atoms with Gasteiger partial charge in [0.15, 0.2) is 5.76 Å². The van der Waals surface area contributed by atoms with Crippen molar-refractivity contribution in [1.82, 2.24) is 0 Å². The fraction of sp³-hybridized carbons (Fsp3) is 0.263. The third-order valence-electron chi connectivity index (χ3n) is 3.80. The third kappa shape index (κ3) is 2.99. The highest BCUT2D eigenvalue weighted by atomic mass is 32.1. The van der Waals surface area contributed by atoms with Crippen molar-refractivity contribution in [3.05, 3.63) is 50.9 Å². The van der Waals surface area contributed by atoms with Gasteiger partial charge in [-0.2, -0.15) is 0 Å². The minimum absolute atomic E-state index is 0.142. The van der Waals surface area contributed by atoms with Crippen LogP contribution in [0.4, 0.5) is 0 Å². The molecular formula is C19H18O4S. The quantitative estimate of drug-likeness (QED) is 0.467. The van der Waals surface area contributed by atoms with Crippen molar-refractivity contribution < 1.29 is 19.1 Å². The SMILES string of the molecule is Cc1ccsc1/C=C1\Oc2cc(OC(=O)C(C)C)cc(C)c2C1=O. The van der Waals surface area contributed by atoms with Gasteiger partial charge in [0.2, 0.25) is 5.78 Å². The first-order chi connectivity index (χ1) is 11.4. The Hall–Kier alpha value is -2.40. The van der Waals surface area contributed by atoms with E-state index in [1.165, 1.54) is 0 Å². The molecule has 1 aromatic carbocycles. The minimum Gasteiger partial charge on any atom is -0.452 e. The van der Waals surface area contributed by atoms with Gasteiger partial charge in [-0.25, -0.2) is 0 Å². The highest BCUT2D eigenvalue weighted by Crippen LogP contribution is 2.38. The van der Waals surface area contributed by atoms with Crippen LogP contribution in [0.25, 0.3) is 6.08 Å². The topological polar surface area (TPSA) is 52.6 Å². The normalized spacial score (nSPS) is 14.9. The molecular weight excluding hydrogens is 324 g/mol. The Morgan fingerprint density at radius 3 is 2.62 bits per heavy atom. The number of Topliss-reactive ketones (excluding diaryl/α,β-unsaturated/α-hetero) is 1. The lowest BCUT2D eigenvalue weighted by molar-refractivity contribution is -0.137. The Bertz CT molecular complexity index is 858. The summed E-state index contributed by atoms with van der Waals surface area (Å²) in [6.45, 7) is 7.34. The van der Waals surface area contributed by atoms with E-state index in [1.54, 1.807) is 43.4 Å². The van der Waals surface area contributed by atoms with E-state index in [9.17, 15) is 9.59 Å². The molecule has 3 rings (SSSR count). The van der Waals surface area contributed by atoms with Gasteiger partial charge in [0, 0.05) is 17.0 Å². The molecule has 0 spiro atoms. The number of esters is 1. The van der Waals surface area contributed by atoms with Crippen molar-refractivity contribution in [1.29, 1.82) is 0 Å². The monoisotopic (exact) mass is 342 g/mol. The summed E-state index contributed by atoms with van der Waals surface area (Å²) in [5.74, 6) is 0.448. The van der Waals surface area contributed by atoms with Crippen molar-refractivity contribution in [3.8, 4) is 11.5 Å². The molecule has 4 nitrogen and oxygen atoms in total. The van der Waals surface area contributed by atoms with Crippen LogP contribution >= 0.6 is 11.3 Å². The molecule has 0 aliphatic carbocycles. The van der Waals surface area contributed by atoms with E-state index >= 15 is 0 Å². The zero-order chi connectivity index (χ0) is 17.4. The second-order valence-electron chi connectivity index (χ2n) is 6.10. The van der Waals surface area contributed by atoms with E-state index in [1.807, 2.05) is 25.3 Å². The predicted octanol–water partition coefficient (Wildman–Crippen LogP) is 4.54. The van der Waals surface area contributed by atoms with Gasteiger partial charge in [0.25, 0.3) is 0 Å². The first-order valence-corrected chi connectivity index (χ1v) is 8.59. The van der Waals surface area contributed by atoms with Crippen LogP contribution in [-0.4, -0.2) is 11.8 Å². The van der Waals surface area contributed by atoms with Gasteiger partial charge in [0.1, 0.15) is 11.5 Å². The summed E-state index contributed by atoms with van der Waals surface area (Å²) in [7, 11) is 0. The van der Waals surface area contributed by atoms with E-state index in [-0.39, 0.29) is 17.7 Å². The summed E-state index contributed by atoms with van der Waals surface area (Å²) in [6, 6.07) is 5.29. The van der Waals surface area contributed by atoms with Crippen molar-refractivity contribution in [3.63, 3.8) is 0 Å². The number of carbonyl (C=O) groups excluding carboxylic acids is 2. The Morgan fingerprint density at radius 1 is 1.25 bits per heavy atom. The summed E-state index contributed by atoms with van der Waals surface area (Å²) < 4.78 is 11.1. The Morgan fingerprint density at radius 2 is 2.00 bits per heavy atom. The van der Waals surface area contributed by atoms with Gasteiger partial charge in [0.05, 0.1) is 11.5 Å². The van der Waals surface area contributed by atoms with Gasteiger partial charge >= 0.3 is 5.97 Å². The molecule has 0 unspecified atom stereocenters. The molecule has 2 heterocycles. The molecule has 0 bridgehead atoms. The van der Waals surface area contributed by atoms with Crippen LogP contribution < -0.4 is 9.47 Å². The molecule has 0 atom stereocenters. The van der Waals surface area contributed by atoms with Crippen LogP contribution in [0.15, 0.2) is 29.3 Å². The molecule has 24 heavy (non-hydrogen) atoms. The minimum atomic E-state index is -0.316. The molecule has 0 fully saturated rings. The van der Waals surface area contributed by atoms with Crippen LogP contribution in [0.1, 0.15) is 40.2 Å². The molecule has 0 amide bonds. The molecule has 2 aromatic rings. The van der Waals surface area contributed by atoms with Gasteiger partial charge in [-0.1, -0.05) is 13.8 Å². The highest BCUT2D eigenvalue weighted by molar-refractivity contribution is 7.11. The summed E-state index contributed by atoms with van der Waals surface area (Å²) in [5, 5.41) is 1.98. The van der Waals surface area contributed by atoms with Gasteiger partial charge in [-0.15, -0.1) is 11.3 Å². The summed E-state index contributed by atoms with van der Waals surface area (Å²) in [5.41, 5.74) is 2.36. The number of fused-ring (bicyclic) bond motifs is 1. The van der Waals surface area contributed by atoms with Crippen molar-refractivity contribution >= 4 is 29.2 Å². The molecule has 0 radical (unpaired) electrons. The highest BCUT2D eigenvalue weighted by Gasteiger charge is 2.30. The van der Waals surface area contributed by atoms with Crippen LogP contribution in [0.2, 0.25) is 0 Å². The lowest BCUT2D eigenvalue weighted by Gasteiger charge is -2.09. The number of rotatable bonds is 3. The van der Waals surface area contributed by atoms with Crippen molar-refractivity contribution in [2.24, 2.45) is 5.92 Å². The number of aryl methyl sites for hydroxylation is 2. The molecule has 124 valence electrons. The maximum absolute atomic E-state index is 12.6. The lowest BCUT2D eigenvalue weighted by atomic mass is 10.0. The first-order valence-electron chi connectivity index (χ1n) is 7.71. The molecule has 5 heteroatoms. The second-order valence-corrected chi connectivity index (χ2v) is 7.04. The zero-order valence-electron chi connectivity index (χ0n) is 14.0. The molecule has 0 N–H and O–H groups in total.